The Morgan fingerprint density at radius 2 is 1.83 bits per heavy atom. The van der Waals surface area contributed by atoms with E-state index in [1.54, 1.807) is 26.2 Å². The Labute approximate surface area is 140 Å². The van der Waals surface area contributed by atoms with Crippen LogP contribution in [0.5, 0.6) is 0 Å². The summed E-state index contributed by atoms with van der Waals surface area (Å²) in [5.74, 6) is -0.519. The monoisotopic (exact) mass is 352 g/mol. The first kappa shape index (κ1) is 17.6. The van der Waals surface area contributed by atoms with E-state index in [9.17, 15) is 13.2 Å². The highest BCUT2D eigenvalue weighted by Crippen LogP contribution is 2.26. The zero-order valence-corrected chi connectivity index (χ0v) is 15.2. The molecule has 124 valence electrons. The van der Waals surface area contributed by atoms with E-state index >= 15 is 0 Å². The van der Waals surface area contributed by atoms with Gasteiger partial charge in [-0.1, -0.05) is 30.3 Å². The molecule has 0 spiro atoms. The Bertz CT molecular complexity index is 790. The van der Waals surface area contributed by atoms with Crippen LogP contribution in [0.25, 0.3) is 11.3 Å². The van der Waals surface area contributed by atoms with E-state index in [2.05, 4.69) is 10.3 Å². The lowest BCUT2D eigenvalue weighted by Crippen LogP contribution is -2.47. The molecule has 1 aromatic heterocycles. The van der Waals surface area contributed by atoms with Crippen molar-refractivity contribution in [3.8, 4) is 11.3 Å². The second-order valence-corrected chi connectivity index (χ2v) is 9.59. The van der Waals surface area contributed by atoms with E-state index in [4.69, 9.17) is 0 Å². The number of sulfone groups is 1. The Hall–Kier alpha value is -1.73. The van der Waals surface area contributed by atoms with Crippen molar-refractivity contribution >= 4 is 27.1 Å². The molecular weight excluding hydrogens is 332 g/mol. The van der Waals surface area contributed by atoms with Crippen LogP contribution < -0.4 is 5.32 Å². The molecule has 0 radical (unpaired) electrons. The number of aromatic nitrogens is 1. The smallest absolute Gasteiger partial charge is 0.238 e. The van der Waals surface area contributed by atoms with Crippen molar-refractivity contribution in [2.24, 2.45) is 0 Å². The summed E-state index contributed by atoms with van der Waals surface area (Å²) in [4.78, 5) is 16.3. The molecule has 0 saturated heterocycles. The first-order valence-corrected chi connectivity index (χ1v) is 9.61. The van der Waals surface area contributed by atoms with E-state index in [0.29, 0.717) is 5.69 Å². The minimum Gasteiger partial charge on any atom is -0.350 e. The van der Waals surface area contributed by atoms with Crippen LogP contribution >= 0.6 is 11.3 Å². The van der Waals surface area contributed by atoms with Gasteiger partial charge in [0.1, 0.15) is 5.25 Å². The van der Waals surface area contributed by atoms with Gasteiger partial charge in [-0.3, -0.25) is 4.79 Å². The Kier molecular flexibility index (Phi) is 4.91. The Morgan fingerprint density at radius 1 is 1.22 bits per heavy atom. The van der Waals surface area contributed by atoms with Crippen molar-refractivity contribution in [2.45, 2.75) is 42.8 Å². The first-order valence-electron chi connectivity index (χ1n) is 7.18. The van der Waals surface area contributed by atoms with Crippen molar-refractivity contribution < 1.29 is 13.2 Å². The van der Waals surface area contributed by atoms with Gasteiger partial charge in [0.25, 0.3) is 0 Å². The number of carbonyl (C=O) groups excluding carboxylic acids is 1. The number of carbonyl (C=O) groups is 1. The molecule has 7 heteroatoms. The number of hydrogen-bond acceptors (Lipinski definition) is 5. The summed E-state index contributed by atoms with van der Waals surface area (Å²) in [7, 11) is -3.80. The van der Waals surface area contributed by atoms with Crippen molar-refractivity contribution in [1.82, 2.24) is 10.3 Å². The number of thiazole rings is 1. The van der Waals surface area contributed by atoms with Crippen LogP contribution in [0.1, 0.15) is 27.7 Å². The zero-order chi connectivity index (χ0) is 17.3. The van der Waals surface area contributed by atoms with E-state index in [1.807, 2.05) is 30.3 Å². The number of nitrogens with zero attached hydrogens (tertiary/aromatic N) is 1. The second-order valence-electron chi connectivity index (χ2n) is 6.29. The van der Waals surface area contributed by atoms with Crippen molar-refractivity contribution in [3.63, 3.8) is 0 Å². The predicted molar refractivity (Wildman–Crippen MR) is 92.1 cm³/mol. The summed E-state index contributed by atoms with van der Waals surface area (Å²) >= 11 is 1.04. The zero-order valence-electron chi connectivity index (χ0n) is 13.5. The van der Waals surface area contributed by atoms with E-state index in [0.717, 1.165) is 16.9 Å². The van der Waals surface area contributed by atoms with Gasteiger partial charge in [0, 0.05) is 16.5 Å². The maximum absolute atomic E-state index is 12.6. The molecule has 5 nitrogen and oxygen atoms in total. The average molecular weight is 352 g/mol. The minimum atomic E-state index is -3.80. The molecule has 23 heavy (non-hydrogen) atoms. The van der Waals surface area contributed by atoms with Gasteiger partial charge >= 0.3 is 0 Å². The van der Waals surface area contributed by atoms with Crippen LogP contribution in [-0.4, -0.2) is 30.1 Å². The molecule has 2 rings (SSSR count). The third-order valence-corrected chi connectivity index (χ3v) is 6.47. The summed E-state index contributed by atoms with van der Waals surface area (Å²) in [5, 5.41) is 3.20. The van der Waals surface area contributed by atoms with Crippen LogP contribution in [0.2, 0.25) is 0 Å². The Morgan fingerprint density at radius 3 is 2.39 bits per heavy atom. The van der Waals surface area contributed by atoms with Crippen LogP contribution in [-0.2, 0) is 14.6 Å². The van der Waals surface area contributed by atoms with E-state index in [-0.39, 0.29) is 4.34 Å². The SMILES string of the molecule is CC(C(=O)NC(C)(C)C)S(=O)(=O)c1nc(-c2ccccc2)cs1. The molecular formula is C16H20N2O3S2. The quantitative estimate of drug-likeness (QED) is 0.918. The molecule has 1 amide bonds. The average Bonchev–Trinajstić information content (AvgIpc) is 2.96. The maximum atomic E-state index is 12.6. The lowest BCUT2D eigenvalue weighted by Gasteiger charge is -2.22. The third kappa shape index (κ3) is 4.17. The largest absolute Gasteiger partial charge is 0.350 e. The fraction of sp³-hybridized carbons (Fsp3) is 0.375. The van der Waals surface area contributed by atoms with Gasteiger partial charge in [-0.15, -0.1) is 11.3 Å². The number of hydrogen-bond donors (Lipinski definition) is 1. The fourth-order valence-corrected chi connectivity index (χ4v) is 4.43. The molecule has 1 N–H and O–H groups in total. The molecule has 0 aliphatic heterocycles. The summed E-state index contributed by atoms with van der Waals surface area (Å²) in [6.07, 6.45) is 0. The van der Waals surface area contributed by atoms with Crippen molar-refractivity contribution in [1.29, 1.82) is 0 Å². The fourth-order valence-electron chi connectivity index (χ4n) is 1.89. The van der Waals surface area contributed by atoms with E-state index in [1.165, 1.54) is 6.92 Å². The predicted octanol–water partition coefficient (Wildman–Crippen LogP) is 2.89. The Balaban J connectivity index is 2.27. The molecule has 1 aromatic carbocycles. The van der Waals surface area contributed by atoms with Crippen molar-refractivity contribution in [2.75, 3.05) is 0 Å². The topological polar surface area (TPSA) is 76.1 Å². The molecule has 1 atom stereocenters. The second kappa shape index (κ2) is 6.41. The number of nitrogens with one attached hydrogen (secondary N) is 1. The molecule has 2 aromatic rings. The van der Waals surface area contributed by atoms with Gasteiger partial charge in [-0.05, 0) is 27.7 Å². The lowest BCUT2D eigenvalue weighted by atomic mass is 10.1. The van der Waals surface area contributed by atoms with Crippen LogP contribution in [0.4, 0.5) is 0 Å². The highest BCUT2D eigenvalue weighted by atomic mass is 32.2. The minimum absolute atomic E-state index is 0.0343. The highest BCUT2D eigenvalue weighted by Gasteiger charge is 2.34. The van der Waals surface area contributed by atoms with Crippen LogP contribution in [0.15, 0.2) is 40.1 Å². The number of benzene rings is 1. The highest BCUT2D eigenvalue weighted by molar-refractivity contribution is 7.94. The number of rotatable bonds is 4. The third-order valence-electron chi connectivity index (χ3n) is 3.13. The lowest BCUT2D eigenvalue weighted by molar-refractivity contribution is -0.121. The molecule has 1 heterocycles. The summed E-state index contributed by atoms with van der Waals surface area (Å²) in [6.45, 7) is 6.81. The van der Waals surface area contributed by atoms with Gasteiger partial charge < -0.3 is 5.32 Å². The standard InChI is InChI=1S/C16H20N2O3S2/c1-11(14(19)18-16(2,3)4)23(20,21)15-17-13(10-22-15)12-8-6-5-7-9-12/h5-11H,1-4H3,(H,18,19). The van der Waals surface area contributed by atoms with Gasteiger partial charge in [0.2, 0.25) is 20.1 Å². The molecule has 0 bridgehead atoms. The maximum Gasteiger partial charge on any atom is 0.238 e. The molecule has 1 unspecified atom stereocenters. The molecule has 0 fully saturated rings. The molecule has 0 saturated carbocycles. The summed E-state index contributed by atoms with van der Waals surface area (Å²) < 4.78 is 25.1. The van der Waals surface area contributed by atoms with Gasteiger partial charge in [0.15, 0.2) is 0 Å². The van der Waals surface area contributed by atoms with Gasteiger partial charge in [-0.2, -0.15) is 0 Å². The van der Waals surface area contributed by atoms with Gasteiger partial charge in [-0.25, -0.2) is 13.4 Å². The summed E-state index contributed by atoms with van der Waals surface area (Å²) in [5.41, 5.74) is 0.952. The van der Waals surface area contributed by atoms with Crippen LogP contribution in [0.3, 0.4) is 0 Å². The number of amides is 1. The van der Waals surface area contributed by atoms with Crippen molar-refractivity contribution in [3.05, 3.63) is 35.7 Å². The first-order chi connectivity index (χ1) is 10.6. The molecule has 0 aliphatic carbocycles. The summed E-state index contributed by atoms with van der Waals surface area (Å²) in [6, 6.07) is 9.33. The van der Waals surface area contributed by atoms with Gasteiger partial charge in [0.05, 0.1) is 5.69 Å². The molecule has 0 aliphatic rings. The van der Waals surface area contributed by atoms with Crippen LogP contribution in [0, 0.1) is 0 Å². The normalized spacial score (nSPS) is 13.6. The van der Waals surface area contributed by atoms with E-state index < -0.39 is 26.5 Å².